The van der Waals surface area contributed by atoms with Crippen molar-refractivity contribution in [1.82, 2.24) is 4.57 Å². The zero-order valence-electron chi connectivity index (χ0n) is 36.3. The van der Waals surface area contributed by atoms with Crippen LogP contribution in [0, 0.1) is 0 Å². The lowest BCUT2D eigenvalue weighted by atomic mass is 9.59. The maximum atomic E-state index is 4.00. The predicted octanol–water partition coefficient (Wildman–Crippen LogP) is 14.4. The molecule has 0 unspecified atom stereocenters. The van der Waals surface area contributed by atoms with Crippen molar-refractivity contribution >= 4 is 82.9 Å². The number of hydrogen-bond donors (Lipinski definition) is 1. The van der Waals surface area contributed by atoms with Crippen LogP contribution in [0.4, 0.5) is 11.4 Å². The number of fused-ring (bicyclic) bond motifs is 15. The normalized spacial score (nSPS) is 15.1. The molecule has 4 heteroatoms. The Morgan fingerprint density at radius 3 is 2.05 bits per heavy atom. The zero-order valence-corrected chi connectivity index (χ0v) is 37.1. The van der Waals surface area contributed by atoms with Gasteiger partial charge in [-0.15, -0.1) is 11.3 Å². The van der Waals surface area contributed by atoms with Gasteiger partial charge >= 0.3 is 0 Å². The van der Waals surface area contributed by atoms with Crippen molar-refractivity contribution in [2.75, 3.05) is 5.32 Å². The number of thiophene rings is 1. The first kappa shape index (κ1) is 36.3. The molecule has 1 aliphatic heterocycles. The van der Waals surface area contributed by atoms with Crippen LogP contribution in [0.2, 0.25) is 0 Å². The molecule has 0 atom stereocenters. The number of nitrogens with zero attached hydrogens (tertiary/aromatic N) is 1. The van der Waals surface area contributed by atoms with Crippen molar-refractivity contribution in [2.24, 2.45) is 0 Å². The van der Waals surface area contributed by atoms with Gasteiger partial charge in [-0.05, 0) is 114 Å². The number of rotatable bonds is 3. The summed E-state index contributed by atoms with van der Waals surface area (Å²) < 4.78 is 5.26. The van der Waals surface area contributed by atoms with E-state index in [9.17, 15) is 0 Å². The summed E-state index contributed by atoms with van der Waals surface area (Å²) in [6.45, 7) is 16.4. The minimum atomic E-state index is -0.133. The molecule has 0 saturated heterocycles. The number of benzene rings is 8. The van der Waals surface area contributed by atoms with E-state index < -0.39 is 0 Å². The average Bonchev–Trinajstić information content (AvgIpc) is 3.94. The van der Waals surface area contributed by atoms with Gasteiger partial charge < -0.3 is 9.88 Å². The van der Waals surface area contributed by atoms with Crippen LogP contribution in [0.1, 0.15) is 76.3 Å². The Bertz CT molecular complexity index is 3610. The number of nitrogens with one attached hydrogen (secondary N) is 1. The molecule has 2 nitrogen and oxygen atoms in total. The highest BCUT2D eigenvalue weighted by Gasteiger charge is 2.40. The Morgan fingerprint density at radius 1 is 0.548 bits per heavy atom. The van der Waals surface area contributed by atoms with Crippen molar-refractivity contribution in [1.29, 1.82) is 0 Å². The van der Waals surface area contributed by atoms with Crippen LogP contribution < -0.4 is 16.2 Å². The van der Waals surface area contributed by atoms with Crippen molar-refractivity contribution in [3.63, 3.8) is 0 Å². The molecule has 1 radical (unpaired) electrons. The SMILES string of the molecule is CC(C)(C)c1ccc(Nc2cc3c(cc2-c2ccc4c5c6c(ccc5n5c4c2[B]c2cc4c(cc2-5)sc2ccccc24)C(C)(C)c2ccccc2-6)-c2ccccc2C3(C)C)cc1. The Morgan fingerprint density at radius 2 is 1.26 bits per heavy atom. The standard InChI is InChI=1S/C58H46BN2S/c1-56(2,3)32-20-22-33(23-21-32)60-47-30-45-39(34-14-8-11-17-42(34)58(45,6)7)28-40(47)36-24-25-38-53-48(27-26-44-52(53)37-16-9-12-18-43(37)57(44,4)5)61-49-31-51-41(29-46(49)59-54(36)55(38)61)35-15-10-13-19-50(35)62-51/h8-31,60H,1-7H3. The third-order valence-corrected chi connectivity index (χ3v) is 15.9. The third-order valence-electron chi connectivity index (χ3n) is 14.8. The van der Waals surface area contributed by atoms with Crippen molar-refractivity contribution in [3.05, 3.63) is 173 Å². The summed E-state index contributed by atoms with van der Waals surface area (Å²) >= 11 is 1.90. The molecule has 3 heterocycles. The summed E-state index contributed by atoms with van der Waals surface area (Å²) in [7, 11) is 2.50. The van der Waals surface area contributed by atoms with Crippen molar-refractivity contribution in [3.8, 4) is 39.1 Å². The maximum Gasteiger partial charge on any atom is 0.197 e. The first-order chi connectivity index (χ1) is 29.9. The highest BCUT2D eigenvalue weighted by molar-refractivity contribution is 7.25. The summed E-state index contributed by atoms with van der Waals surface area (Å²) in [5.41, 5.74) is 23.1. The first-order valence-corrected chi connectivity index (χ1v) is 22.9. The second-order valence-corrected chi connectivity index (χ2v) is 21.1. The van der Waals surface area contributed by atoms with E-state index in [-0.39, 0.29) is 16.2 Å². The molecule has 0 fully saturated rings. The lowest BCUT2D eigenvalue weighted by molar-refractivity contribution is 0.590. The molecular weight excluding hydrogens is 768 g/mol. The van der Waals surface area contributed by atoms with E-state index in [0.29, 0.717) is 0 Å². The van der Waals surface area contributed by atoms with E-state index in [1.165, 1.54) is 120 Å². The lowest BCUT2D eigenvalue weighted by Gasteiger charge is -2.26. The van der Waals surface area contributed by atoms with Crippen molar-refractivity contribution < 1.29 is 0 Å². The van der Waals surface area contributed by atoms with E-state index in [4.69, 9.17) is 0 Å². The van der Waals surface area contributed by atoms with Crippen molar-refractivity contribution in [2.45, 2.75) is 64.7 Å². The van der Waals surface area contributed by atoms with E-state index in [1.54, 1.807) is 0 Å². The second kappa shape index (κ2) is 12.2. The van der Waals surface area contributed by atoms with Gasteiger partial charge in [-0.2, -0.15) is 0 Å². The summed E-state index contributed by atoms with van der Waals surface area (Å²) in [5.74, 6) is 0. The van der Waals surface area contributed by atoms with Gasteiger partial charge in [0.2, 0.25) is 0 Å². The number of aromatic nitrogens is 1. The molecule has 10 aromatic rings. The lowest BCUT2D eigenvalue weighted by Crippen LogP contribution is -2.37. The second-order valence-electron chi connectivity index (χ2n) is 20.0. The van der Waals surface area contributed by atoms with Gasteiger partial charge in [-0.3, -0.25) is 0 Å². The van der Waals surface area contributed by atoms with Crippen LogP contribution in [-0.2, 0) is 16.2 Å². The minimum Gasteiger partial charge on any atom is -0.355 e. The average molecular weight is 814 g/mol. The minimum absolute atomic E-state index is 0.0779. The van der Waals surface area contributed by atoms with Gasteiger partial charge in [0.1, 0.15) is 0 Å². The Labute approximate surface area is 368 Å². The van der Waals surface area contributed by atoms with Gasteiger partial charge in [0, 0.05) is 64.5 Å². The van der Waals surface area contributed by atoms with Crippen LogP contribution in [0.25, 0.3) is 81.0 Å². The molecule has 297 valence electrons. The summed E-state index contributed by atoms with van der Waals surface area (Å²) in [6.07, 6.45) is 0. The molecular formula is C58H46BN2S. The smallest absolute Gasteiger partial charge is 0.197 e. The maximum absolute atomic E-state index is 4.00. The summed E-state index contributed by atoms with van der Waals surface area (Å²) in [4.78, 5) is 0. The Balaban J connectivity index is 1.13. The number of anilines is 2. The fraction of sp³-hybridized carbons (Fsp3) is 0.172. The molecule has 3 aliphatic rings. The first-order valence-electron chi connectivity index (χ1n) is 22.1. The number of hydrogen-bond acceptors (Lipinski definition) is 2. The van der Waals surface area contributed by atoms with Crippen LogP contribution in [-0.4, -0.2) is 11.8 Å². The van der Waals surface area contributed by atoms with Crippen LogP contribution in [0.5, 0.6) is 0 Å². The fourth-order valence-electron chi connectivity index (χ4n) is 11.6. The van der Waals surface area contributed by atoms with E-state index in [1.807, 2.05) is 11.3 Å². The zero-order chi connectivity index (χ0) is 42.0. The highest BCUT2D eigenvalue weighted by Crippen LogP contribution is 2.55. The topological polar surface area (TPSA) is 17.0 Å². The molecule has 0 saturated carbocycles. The van der Waals surface area contributed by atoms with Gasteiger partial charge in [0.15, 0.2) is 7.28 Å². The predicted molar refractivity (Wildman–Crippen MR) is 268 cm³/mol. The van der Waals surface area contributed by atoms with Gasteiger partial charge in [0.25, 0.3) is 0 Å². The highest BCUT2D eigenvalue weighted by atomic mass is 32.1. The van der Waals surface area contributed by atoms with Gasteiger partial charge in [-0.25, -0.2) is 0 Å². The van der Waals surface area contributed by atoms with Crippen LogP contribution in [0.15, 0.2) is 146 Å². The molecule has 0 spiro atoms. The summed E-state index contributed by atoms with van der Waals surface area (Å²) in [5, 5.41) is 9.30. The molecule has 2 aliphatic carbocycles. The monoisotopic (exact) mass is 813 g/mol. The van der Waals surface area contributed by atoms with E-state index >= 15 is 0 Å². The van der Waals surface area contributed by atoms with E-state index in [2.05, 4.69) is 211 Å². The van der Waals surface area contributed by atoms with E-state index in [0.717, 1.165) is 11.4 Å². The quantitative estimate of drug-likeness (QED) is 0.176. The fourth-order valence-corrected chi connectivity index (χ4v) is 12.7. The molecule has 8 aromatic carbocycles. The summed E-state index contributed by atoms with van der Waals surface area (Å²) in [6, 6.07) is 55.6. The van der Waals surface area contributed by atoms with Crippen LogP contribution >= 0.6 is 11.3 Å². The van der Waals surface area contributed by atoms with Crippen LogP contribution in [0.3, 0.4) is 0 Å². The third kappa shape index (κ3) is 4.76. The molecule has 13 rings (SSSR count). The molecule has 1 N–H and O–H groups in total. The largest absolute Gasteiger partial charge is 0.355 e. The molecule has 62 heavy (non-hydrogen) atoms. The Hall–Kier alpha value is -6.36. The molecule has 0 amide bonds. The molecule has 2 aromatic heterocycles. The molecule has 0 bridgehead atoms. The Kier molecular flexibility index (Phi) is 7.13. The van der Waals surface area contributed by atoms with Gasteiger partial charge in [0.05, 0.1) is 5.52 Å². The van der Waals surface area contributed by atoms with Gasteiger partial charge in [-0.1, -0.05) is 157 Å².